The van der Waals surface area contributed by atoms with E-state index in [0.29, 0.717) is 27.8 Å². The molecule has 1 aromatic carbocycles. The van der Waals surface area contributed by atoms with E-state index < -0.39 is 0 Å². The molecule has 2 N–H and O–H groups in total. The van der Waals surface area contributed by atoms with Crippen LogP contribution in [0.3, 0.4) is 0 Å². The molecule has 3 aromatic rings. The summed E-state index contributed by atoms with van der Waals surface area (Å²) in [5.74, 6) is 0.449. The van der Waals surface area contributed by atoms with Crippen LogP contribution in [-0.4, -0.2) is 28.6 Å². The van der Waals surface area contributed by atoms with Crippen LogP contribution >= 0.6 is 11.3 Å². The van der Waals surface area contributed by atoms with Gasteiger partial charge in [0.2, 0.25) is 0 Å². The number of aliphatic hydroxyl groups excluding tert-OH is 1. The van der Waals surface area contributed by atoms with Gasteiger partial charge in [-0.05, 0) is 25.5 Å². The molecule has 0 fully saturated rings. The number of benzene rings is 1. The van der Waals surface area contributed by atoms with Crippen LogP contribution in [-0.2, 0) is 0 Å². The van der Waals surface area contributed by atoms with Crippen LogP contribution in [0.4, 0.5) is 0 Å². The van der Waals surface area contributed by atoms with Crippen LogP contribution in [0.1, 0.15) is 23.0 Å². The predicted molar refractivity (Wildman–Crippen MR) is 93.9 cm³/mol. The van der Waals surface area contributed by atoms with Crippen molar-refractivity contribution in [2.75, 3.05) is 6.61 Å². The molecule has 6 heteroatoms. The lowest BCUT2D eigenvalue weighted by Gasteiger charge is -2.12. The van der Waals surface area contributed by atoms with E-state index in [1.165, 1.54) is 11.3 Å². The minimum atomic E-state index is -0.190. The van der Waals surface area contributed by atoms with Crippen LogP contribution in [0.2, 0.25) is 0 Å². The number of nitrogens with one attached hydrogen (secondary N) is 1. The summed E-state index contributed by atoms with van der Waals surface area (Å²) < 4.78 is 5.41. The number of furan rings is 1. The lowest BCUT2D eigenvalue weighted by atomic mass is 10.1. The fourth-order valence-electron chi connectivity index (χ4n) is 2.33. The molecule has 124 valence electrons. The summed E-state index contributed by atoms with van der Waals surface area (Å²) in [4.78, 5) is 17.8. The number of hydrogen-bond donors (Lipinski definition) is 2. The summed E-state index contributed by atoms with van der Waals surface area (Å²) >= 11 is 1.30. The predicted octanol–water partition coefficient (Wildman–Crippen LogP) is 3.57. The SMILES string of the molecule is CC(CCO)NC(=O)c1sc(-c2ccco2)nc1-c1ccccc1. The van der Waals surface area contributed by atoms with E-state index in [0.717, 1.165) is 5.56 Å². The van der Waals surface area contributed by atoms with Crippen molar-refractivity contribution in [1.29, 1.82) is 0 Å². The van der Waals surface area contributed by atoms with Gasteiger partial charge in [-0.1, -0.05) is 30.3 Å². The van der Waals surface area contributed by atoms with E-state index in [1.807, 2.05) is 43.3 Å². The summed E-state index contributed by atoms with van der Waals surface area (Å²) in [5.41, 5.74) is 1.52. The third-order valence-corrected chi connectivity index (χ3v) is 4.62. The molecule has 2 heterocycles. The van der Waals surface area contributed by atoms with Gasteiger partial charge in [-0.25, -0.2) is 4.98 Å². The quantitative estimate of drug-likeness (QED) is 0.718. The Labute approximate surface area is 144 Å². The van der Waals surface area contributed by atoms with Gasteiger partial charge in [0.25, 0.3) is 5.91 Å². The van der Waals surface area contributed by atoms with Gasteiger partial charge in [0, 0.05) is 18.2 Å². The Morgan fingerprint density at radius 1 is 1.29 bits per heavy atom. The van der Waals surface area contributed by atoms with E-state index in [2.05, 4.69) is 10.3 Å². The van der Waals surface area contributed by atoms with Crippen LogP contribution in [0.15, 0.2) is 53.1 Å². The highest BCUT2D eigenvalue weighted by Crippen LogP contribution is 2.34. The molecule has 3 rings (SSSR count). The molecular weight excluding hydrogens is 324 g/mol. The second kappa shape index (κ2) is 7.42. The molecule has 0 aliphatic rings. The summed E-state index contributed by atoms with van der Waals surface area (Å²) in [6.07, 6.45) is 2.10. The zero-order valence-electron chi connectivity index (χ0n) is 13.2. The molecule has 1 unspecified atom stereocenters. The maximum Gasteiger partial charge on any atom is 0.263 e. The first kappa shape index (κ1) is 16.4. The molecule has 5 nitrogen and oxygen atoms in total. The molecule has 0 saturated heterocycles. The number of carbonyl (C=O) groups is 1. The molecule has 0 bridgehead atoms. The number of thiazole rings is 1. The summed E-state index contributed by atoms with van der Waals surface area (Å²) in [6.45, 7) is 1.90. The van der Waals surface area contributed by atoms with Crippen molar-refractivity contribution in [3.8, 4) is 22.0 Å². The zero-order chi connectivity index (χ0) is 16.9. The fraction of sp³-hybridized carbons (Fsp3) is 0.222. The van der Waals surface area contributed by atoms with Crippen molar-refractivity contribution in [3.05, 3.63) is 53.6 Å². The number of aliphatic hydroxyl groups is 1. The smallest absolute Gasteiger partial charge is 0.263 e. The van der Waals surface area contributed by atoms with Crippen LogP contribution in [0, 0.1) is 0 Å². The first-order valence-electron chi connectivity index (χ1n) is 7.71. The molecule has 0 spiro atoms. The number of hydrogen-bond acceptors (Lipinski definition) is 5. The van der Waals surface area contributed by atoms with Gasteiger partial charge < -0.3 is 14.8 Å². The van der Waals surface area contributed by atoms with Crippen molar-refractivity contribution in [2.45, 2.75) is 19.4 Å². The van der Waals surface area contributed by atoms with Crippen LogP contribution < -0.4 is 5.32 Å². The number of amides is 1. The highest BCUT2D eigenvalue weighted by atomic mass is 32.1. The van der Waals surface area contributed by atoms with E-state index >= 15 is 0 Å². The minimum Gasteiger partial charge on any atom is -0.462 e. The summed E-state index contributed by atoms with van der Waals surface area (Å²) in [6, 6.07) is 13.1. The molecule has 0 aliphatic carbocycles. The number of rotatable bonds is 6. The second-order valence-electron chi connectivity index (χ2n) is 5.43. The number of nitrogens with zero attached hydrogens (tertiary/aromatic N) is 1. The normalized spacial score (nSPS) is 12.1. The van der Waals surface area contributed by atoms with E-state index in [-0.39, 0.29) is 18.6 Å². The third kappa shape index (κ3) is 3.55. The second-order valence-corrected chi connectivity index (χ2v) is 6.43. The molecule has 0 saturated carbocycles. The van der Waals surface area contributed by atoms with Crippen LogP contribution in [0.5, 0.6) is 0 Å². The highest BCUT2D eigenvalue weighted by molar-refractivity contribution is 7.17. The van der Waals surface area contributed by atoms with Gasteiger partial charge in [-0.3, -0.25) is 4.79 Å². The van der Waals surface area contributed by atoms with E-state index in [1.54, 1.807) is 12.3 Å². The van der Waals surface area contributed by atoms with E-state index in [4.69, 9.17) is 9.52 Å². The standard InChI is InChI=1S/C18H18N2O3S/c1-12(9-10-21)19-17(22)16-15(13-6-3-2-4-7-13)20-18(24-16)14-8-5-11-23-14/h2-8,11-12,21H,9-10H2,1H3,(H,19,22). The summed E-state index contributed by atoms with van der Waals surface area (Å²) in [5, 5.41) is 12.6. The number of aromatic nitrogens is 1. The Morgan fingerprint density at radius 3 is 2.75 bits per heavy atom. The summed E-state index contributed by atoms with van der Waals surface area (Å²) in [7, 11) is 0. The van der Waals surface area contributed by atoms with Gasteiger partial charge in [0.1, 0.15) is 4.88 Å². The van der Waals surface area contributed by atoms with Crippen molar-refractivity contribution >= 4 is 17.2 Å². The molecule has 24 heavy (non-hydrogen) atoms. The Balaban J connectivity index is 1.98. The van der Waals surface area contributed by atoms with Crippen molar-refractivity contribution in [1.82, 2.24) is 10.3 Å². The van der Waals surface area contributed by atoms with Crippen molar-refractivity contribution in [2.24, 2.45) is 0 Å². The first-order valence-corrected chi connectivity index (χ1v) is 8.52. The topological polar surface area (TPSA) is 75.4 Å². The van der Waals surface area contributed by atoms with Crippen molar-refractivity contribution in [3.63, 3.8) is 0 Å². The molecular formula is C18H18N2O3S. The Morgan fingerprint density at radius 2 is 2.08 bits per heavy atom. The lowest BCUT2D eigenvalue weighted by molar-refractivity contribution is 0.0939. The third-order valence-electron chi connectivity index (χ3n) is 3.55. The Hall–Kier alpha value is -2.44. The zero-order valence-corrected chi connectivity index (χ0v) is 14.0. The Kier molecular flexibility index (Phi) is 5.08. The van der Waals surface area contributed by atoms with Gasteiger partial charge in [0.15, 0.2) is 10.8 Å². The maximum absolute atomic E-state index is 12.7. The number of carbonyl (C=O) groups excluding carboxylic acids is 1. The van der Waals surface area contributed by atoms with Crippen molar-refractivity contribution < 1.29 is 14.3 Å². The van der Waals surface area contributed by atoms with Gasteiger partial charge >= 0.3 is 0 Å². The molecule has 0 aliphatic heterocycles. The Bertz CT molecular complexity index is 797. The molecule has 1 amide bonds. The minimum absolute atomic E-state index is 0.0350. The largest absolute Gasteiger partial charge is 0.462 e. The van der Waals surface area contributed by atoms with Gasteiger partial charge in [-0.2, -0.15) is 0 Å². The van der Waals surface area contributed by atoms with Crippen LogP contribution in [0.25, 0.3) is 22.0 Å². The van der Waals surface area contributed by atoms with Gasteiger partial charge in [0.05, 0.1) is 12.0 Å². The fourth-order valence-corrected chi connectivity index (χ4v) is 3.29. The average molecular weight is 342 g/mol. The van der Waals surface area contributed by atoms with Gasteiger partial charge in [-0.15, -0.1) is 11.3 Å². The maximum atomic E-state index is 12.7. The average Bonchev–Trinajstić information content (AvgIpc) is 3.25. The molecule has 0 radical (unpaired) electrons. The monoisotopic (exact) mass is 342 g/mol. The van der Waals surface area contributed by atoms with E-state index in [9.17, 15) is 4.79 Å². The lowest BCUT2D eigenvalue weighted by Crippen LogP contribution is -2.32. The highest BCUT2D eigenvalue weighted by Gasteiger charge is 2.22. The molecule has 1 atom stereocenters. The first-order chi connectivity index (χ1) is 11.7. The molecule has 2 aromatic heterocycles.